The van der Waals surface area contributed by atoms with Gasteiger partial charge in [0.2, 0.25) is 5.75 Å². The van der Waals surface area contributed by atoms with E-state index in [1.54, 1.807) is 33.1 Å². The van der Waals surface area contributed by atoms with Crippen molar-refractivity contribution in [2.24, 2.45) is 0 Å². The maximum absolute atomic E-state index is 6.10. The number of hydrogen-bond acceptors (Lipinski definition) is 4. The maximum Gasteiger partial charge on any atom is 0.203 e. The normalized spacial score (nSPS) is 11.0. The summed E-state index contributed by atoms with van der Waals surface area (Å²) in [5.41, 5.74) is 3.14. The summed E-state index contributed by atoms with van der Waals surface area (Å²) in [5.74, 6) is 1.81. The second kappa shape index (κ2) is 8.84. The predicted molar refractivity (Wildman–Crippen MR) is 127 cm³/mol. The minimum Gasteiger partial charge on any atom is -0.493 e. The van der Waals surface area contributed by atoms with E-state index in [-0.39, 0.29) is 0 Å². The van der Waals surface area contributed by atoms with Crippen LogP contribution in [0, 0.1) is 0 Å². The molecule has 4 nitrogen and oxygen atoms in total. The van der Waals surface area contributed by atoms with Gasteiger partial charge in [-0.2, -0.15) is 0 Å². The Morgan fingerprint density at radius 3 is 2.13 bits per heavy atom. The van der Waals surface area contributed by atoms with Crippen molar-refractivity contribution in [3.8, 4) is 28.5 Å². The molecule has 0 aliphatic carbocycles. The van der Waals surface area contributed by atoms with E-state index in [0.29, 0.717) is 22.3 Å². The summed E-state index contributed by atoms with van der Waals surface area (Å²) >= 11 is 11.3. The van der Waals surface area contributed by atoms with E-state index in [2.05, 4.69) is 33.0 Å². The standard InChI is InChI=1S/C23H19BrClNO3S/c1-27-19-11-16(12-20(28-2)22(19)29-3)30-23-17-10-14(24)6-9-18(17)26-21(23)13-4-7-15(25)8-5-13/h4-12,26H,1-3H3. The Kier molecular flexibility index (Phi) is 6.18. The number of nitrogens with one attached hydrogen (secondary N) is 1. The molecule has 0 spiro atoms. The molecule has 0 amide bonds. The van der Waals surface area contributed by atoms with Gasteiger partial charge in [0, 0.05) is 30.2 Å². The number of aromatic amines is 1. The average molecular weight is 505 g/mol. The lowest BCUT2D eigenvalue weighted by atomic mass is 10.1. The van der Waals surface area contributed by atoms with Crippen molar-refractivity contribution in [3.63, 3.8) is 0 Å². The summed E-state index contributed by atoms with van der Waals surface area (Å²) in [5, 5.41) is 1.82. The van der Waals surface area contributed by atoms with E-state index in [1.165, 1.54) is 0 Å². The van der Waals surface area contributed by atoms with Crippen molar-refractivity contribution >= 4 is 50.2 Å². The zero-order valence-electron chi connectivity index (χ0n) is 16.6. The van der Waals surface area contributed by atoms with Gasteiger partial charge in [-0.15, -0.1) is 0 Å². The number of halogens is 2. The summed E-state index contributed by atoms with van der Waals surface area (Å²) in [6.45, 7) is 0. The van der Waals surface area contributed by atoms with Gasteiger partial charge in [0.25, 0.3) is 0 Å². The molecule has 1 heterocycles. The Bertz CT molecular complexity index is 1180. The molecule has 0 bridgehead atoms. The van der Waals surface area contributed by atoms with Gasteiger partial charge in [0.05, 0.1) is 27.0 Å². The molecule has 7 heteroatoms. The lowest BCUT2D eigenvalue weighted by molar-refractivity contribution is 0.323. The van der Waals surface area contributed by atoms with Crippen molar-refractivity contribution in [1.82, 2.24) is 4.98 Å². The largest absolute Gasteiger partial charge is 0.493 e. The lowest BCUT2D eigenvalue weighted by Gasteiger charge is -2.14. The van der Waals surface area contributed by atoms with Crippen LogP contribution in [-0.4, -0.2) is 26.3 Å². The molecule has 4 rings (SSSR count). The van der Waals surface area contributed by atoms with Gasteiger partial charge in [0.15, 0.2) is 11.5 Å². The molecule has 3 aromatic carbocycles. The van der Waals surface area contributed by atoms with Gasteiger partial charge in [-0.25, -0.2) is 0 Å². The van der Waals surface area contributed by atoms with E-state index in [0.717, 1.165) is 36.4 Å². The first-order valence-corrected chi connectivity index (χ1v) is 11.1. The SMILES string of the molecule is COc1cc(Sc2c(-c3ccc(Cl)cc3)[nH]c3ccc(Br)cc23)cc(OC)c1OC. The van der Waals surface area contributed by atoms with Crippen LogP contribution in [0.3, 0.4) is 0 Å². The van der Waals surface area contributed by atoms with Crippen LogP contribution < -0.4 is 14.2 Å². The summed E-state index contributed by atoms with van der Waals surface area (Å²) in [6, 6.07) is 17.9. The Morgan fingerprint density at radius 1 is 0.867 bits per heavy atom. The van der Waals surface area contributed by atoms with Crippen LogP contribution in [0.25, 0.3) is 22.2 Å². The number of hydrogen-bond donors (Lipinski definition) is 1. The second-order valence-electron chi connectivity index (χ2n) is 6.49. The van der Waals surface area contributed by atoms with Crippen LogP contribution in [0.1, 0.15) is 0 Å². The summed E-state index contributed by atoms with van der Waals surface area (Å²) in [7, 11) is 4.84. The molecule has 0 aliphatic rings. The van der Waals surface area contributed by atoms with Crippen molar-refractivity contribution < 1.29 is 14.2 Å². The number of methoxy groups -OCH3 is 3. The molecule has 0 aliphatic heterocycles. The number of H-pyrrole nitrogens is 1. The molecule has 154 valence electrons. The third kappa shape index (κ3) is 4.00. The first-order chi connectivity index (χ1) is 14.5. The van der Waals surface area contributed by atoms with Crippen LogP contribution in [-0.2, 0) is 0 Å². The molecule has 30 heavy (non-hydrogen) atoms. The number of benzene rings is 3. The highest BCUT2D eigenvalue weighted by atomic mass is 79.9. The monoisotopic (exact) mass is 503 g/mol. The minimum atomic E-state index is 0.573. The number of rotatable bonds is 6. The van der Waals surface area contributed by atoms with Gasteiger partial charge in [-0.3, -0.25) is 0 Å². The quantitative estimate of drug-likeness (QED) is 0.296. The molecule has 0 radical (unpaired) electrons. The van der Waals surface area contributed by atoms with Gasteiger partial charge >= 0.3 is 0 Å². The van der Waals surface area contributed by atoms with Crippen molar-refractivity contribution in [2.45, 2.75) is 9.79 Å². The molecule has 0 unspecified atom stereocenters. The first kappa shape index (κ1) is 21.0. The Hall–Kier alpha value is -2.28. The second-order valence-corrected chi connectivity index (χ2v) is 8.92. The molecular weight excluding hydrogens is 486 g/mol. The van der Waals surface area contributed by atoms with Crippen molar-refractivity contribution in [3.05, 3.63) is 64.1 Å². The van der Waals surface area contributed by atoms with Crippen LogP contribution in [0.5, 0.6) is 17.2 Å². The number of fused-ring (bicyclic) bond motifs is 1. The third-order valence-corrected chi connectivity index (χ3v) is 6.55. The summed E-state index contributed by atoms with van der Waals surface area (Å²) < 4.78 is 17.5. The fourth-order valence-corrected chi connectivity index (χ4v) is 4.90. The molecular formula is C23H19BrClNO3S. The van der Waals surface area contributed by atoms with Crippen LogP contribution in [0.4, 0.5) is 0 Å². The lowest BCUT2D eigenvalue weighted by Crippen LogP contribution is -1.95. The van der Waals surface area contributed by atoms with Gasteiger partial charge in [-0.05, 0) is 48.0 Å². The Balaban J connectivity index is 1.89. The average Bonchev–Trinajstić information content (AvgIpc) is 3.11. The first-order valence-electron chi connectivity index (χ1n) is 9.09. The molecule has 0 atom stereocenters. The number of aromatic nitrogens is 1. The van der Waals surface area contributed by atoms with E-state index in [9.17, 15) is 0 Å². The van der Waals surface area contributed by atoms with Crippen LogP contribution in [0.15, 0.2) is 68.9 Å². The van der Waals surface area contributed by atoms with Gasteiger partial charge < -0.3 is 19.2 Å². The Morgan fingerprint density at radius 2 is 1.53 bits per heavy atom. The summed E-state index contributed by atoms with van der Waals surface area (Å²) in [6.07, 6.45) is 0. The molecule has 0 saturated carbocycles. The molecule has 4 aromatic rings. The zero-order valence-corrected chi connectivity index (χ0v) is 19.7. The highest BCUT2D eigenvalue weighted by Gasteiger charge is 2.18. The topological polar surface area (TPSA) is 43.5 Å². The minimum absolute atomic E-state index is 0.573. The number of ether oxygens (including phenoxy) is 3. The zero-order chi connectivity index (χ0) is 21.3. The maximum atomic E-state index is 6.10. The van der Waals surface area contributed by atoms with E-state index >= 15 is 0 Å². The highest BCUT2D eigenvalue weighted by Crippen LogP contribution is 2.46. The fourth-order valence-electron chi connectivity index (χ4n) is 3.30. The van der Waals surface area contributed by atoms with Crippen LogP contribution >= 0.6 is 39.3 Å². The molecule has 1 aromatic heterocycles. The highest BCUT2D eigenvalue weighted by molar-refractivity contribution is 9.10. The van der Waals surface area contributed by atoms with Crippen molar-refractivity contribution in [2.75, 3.05) is 21.3 Å². The molecule has 0 fully saturated rings. The smallest absolute Gasteiger partial charge is 0.203 e. The third-order valence-electron chi connectivity index (χ3n) is 4.70. The van der Waals surface area contributed by atoms with E-state index in [4.69, 9.17) is 25.8 Å². The molecule has 1 N–H and O–H groups in total. The van der Waals surface area contributed by atoms with E-state index < -0.39 is 0 Å². The fraction of sp³-hybridized carbons (Fsp3) is 0.130. The van der Waals surface area contributed by atoms with Crippen molar-refractivity contribution in [1.29, 1.82) is 0 Å². The van der Waals surface area contributed by atoms with Gasteiger partial charge in [-0.1, -0.05) is 51.4 Å². The van der Waals surface area contributed by atoms with E-state index in [1.807, 2.05) is 42.5 Å². The summed E-state index contributed by atoms with van der Waals surface area (Å²) in [4.78, 5) is 5.63. The molecule has 0 saturated heterocycles. The van der Waals surface area contributed by atoms with Gasteiger partial charge in [0.1, 0.15) is 0 Å². The predicted octanol–water partition coefficient (Wildman–Crippen LogP) is 7.43. The Labute approximate surface area is 192 Å². The van der Waals surface area contributed by atoms with Crippen LogP contribution in [0.2, 0.25) is 5.02 Å².